The Kier molecular flexibility index (Phi) is 9.82. The molecule has 1 aliphatic heterocycles. The highest BCUT2D eigenvalue weighted by Crippen LogP contribution is 2.31. The lowest BCUT2D eigenvalue weighted by Crippen LogP contribution is -2.36. The Labute approximate surface area is 253 Å². The standard InChI is InChI=1S/C33H44FN7O2/c1-21(2)43-20-23(15-27-22(3)14-24(16-28(27)34)33(4,5)6)26(10-11-35)29-18-30(32(42)40(8)37-29)36-31-17-25(39(7)38-31)19-41-12-9-13-41/h10-11,14-18,21,35H,9,12-13,19-20H2,1-8H3,(H,36,38)/b23-15+,26-10+,35-11?. The van der Waals surface area contributed by atoms with Crippen molar-refractivity contribution in [3.05, 3.63) is 80.2 Å². The van der Waals surface area contributed by atoms with Gasteiger partial charge in [0.05, 0.1) is 24.1 Å². The molecule has 1 saturated heterocycles. The lowest BCUT2D eigenvalue weighted by molar-refractivity contribution is 0.0997. The maximum atomic E-state index is 15.6. The summed E-state index contributed by atoms with van der Waals surface area (Å²) in [6.45, 7) is 15.0. The van der Waals surface area contributed by atoms with E-state index in [2.05, 4.69) is 41.2 Å². The predicted octanol–water partition coefficient (Wildman–Crippen LogP) is 5.75. The van der Waals surface area contributed by atoms with Gasteiger partial charge in [0.1, 0.15) is 11.5 Å². The zero-order valence-corrected chi connectivity index (χ0v) is 26.6. The van der Waals surface area contributed by atoms with Gasteiger partial charge in [-0.2, -0.15) is 10.2 Å². The fourth-order valence-electron chi connectivity index (χ4n) is 4.89. The topological polar surface area (TPSA) is 101 Å². The third kappa shape index (κ3) is 7.74. The van der Waals surface area contributed by atoms with Crippen molar-refractivity contribution in [3.63, 3.8) is 0 Å². The van der Waals surface area contributed by atoms with Crippen molar-refractivity contribution < 1.29 is 9.13 Å². The molecule has 0 radical (unpaired) electrons. The average molecular weight is 590 g/mol. The van der Waals surface area contributed by atoms with Gasteiger partial charge in [-0.1, -0.05) is 26.8 Å². The van der Waals surface area contributed by atoms with Gasteiger partial charge < -0.3 is 15.5 Å². The molecule has 230 valence electrons. The van der Waals surface area contributed by atoms with E-state index in [9.17, 15) is 4.79 Å². The molecule has 0 bridgehead atoms. The molecule has 0 saturated carbocycles. The summed E-state index contributed by atoms with van der Waals surface area (Å²) in [6, 6.07) is 7.18. The van der Waals surface area contributed by atoms with Crippen LogP contribution in [0.15, 0.2) is 40.7 Å². The number of likely N-dealkylation sites (tertiary alicyclic amines) is 1. The van der Waals surface area contributed by atoms with Gasteiger partial charge in [0.2, 0.25) is 0 Å². The van der Waals surface area contributed by atoms with Crippen LogP contribution in [0, 0.1) is 18.2 Å². The molecule has 0 amide bonds. The molecule has 3 aromatic rings. The Hall–Kier alpha value is -3.89. The first-order valence-electron chi connectivity index (χ1n) is 14.7. The Morgan fingerprint density at radius 3 is 2.44 bits per heavy atom. The first-order valence-corrected chi connectivity index (χ1v) is 14.7. The Morgan fingerprint density at radius 2 is 1.86 bits per heavy atom. The molecule has 1 aromatic carbocycles. The fourth-order valence-corrected chi connectivity index (χ4v) is 4.89. The summed E-state index contributed by atoms with van der Waals surface area (Å²) in [4.78, 5) is 15.5. The van der Waals surface area contributed by atoms with Gasteiger partial charge in [-0.3, -0.25) is 14.4 Å². The number of aromatic nitrogens is 4. The minimum absolute atomic E-state index is 0.0845. The summed E-state index contributed by atoms with van der Waals surface area (Å²) in [6.07, 6.45) is 5.63. The van der Waals surface area contributed by atoms with E-state index in [0.717, 1.165) is 42.7 Å². The van der Waals surface area contributed by atoms with E-state index >= 15 is 4.39 Å². The third-order valence-electron chi connectivity index (χ3n) is 7.60. The molecule has 0 atom stereocenters. The van der Waals surface area contributed by atoms with E-state index in [4.69, 9.17) is 10.1 Å². The highest BCUT2D eigenvalue weighted by molar-refractivity contribution is 5.92. The number of halogens is 1. The van der Waals surface area contributed by atoms with Gasteiger partial charge in [-0.25, -0.2) is 9.07 Å². The Bertz CT molecular complexity index is 1580. The lowest BCUT2D eigenvalue weighted by atomic mass is 9.85. The van der Waals surface area contributed by atoms with Crippen LogP contribution < -0.4 is 10.9 Å². The predicted molar refractivity (Wildman–Crippen MR) is 172 cm³/mol. The third-order valence-corrected chi connectivity index (χ3v) is 7.60. The smallest absolute Gasteiger partial charge is 0.290 e. The van der Waals surface area contributed by atoms with Crippen LogP contribution >= 0.6 is 0 Å². The molecular weight excluding hydrogens is 545 g/mol. The fraction of sp³-hybridized carbons (Fsp3) is 0.455. The SMILES string of the molecule is Cc1cc(C(C)(C)C)cc(F)c1/C=C(COC(C)C)/C(=C\C=N)c1cc(Nc2cc(CN3CCC3)n(C)n2)c(=O)n(C)n1. The van der Waals surface area contributed by atoms with Crippen molar-refractivity contribution >= 4 is 29.4 Å². The second-order valence-electron chi connectivity index (χ2n) is 12.5. The van der Waals surface area contributed by atoms with Gasteiger partial charge >= 0.3 is 0 Å². The number of nitrogens with zero attached hydrogens (tertiary/aromatic N) is 5. The number of allylic oxidation sites excluding steroid dienone is 1. The molecule has 43 heavy (non-hydrogen) atoms. The average Bonchev–Trinajstić information content (AvgIpc) is 3.24. The van der Waals surface area contributed by atoms with Crippen molar-refractivity contribution in [1.82, 2.24) is 24.5 Å². The minimum Gasteiger partial charge on any atom is -0.374 e. The van der Waals surface area contributed by atoms with Crippen LogP contribution in [0.5, 0.6) is 0 Å². The summed E-state index contributed by atoms with van der Waals surface area (Å²) >= 11 is 0. The lowest BCUT2D eigenvalue weighted by Gasteiger charge is -2.30. The molecule has 1 fully saturated rings. The molecule has 0 unspecified atom stereocenters. The van der Waals surface area contributed by atoms with E-state index < -0.39 is 0 Å². The van der Waals surface area contributed by atoms with Gasteiger partial charge in [0.25, 0.3) is 5.56 Å². The van der Waals surface area contributed by atoms with Crippen LogP contribution in [0.25, 0.3) is 11.6 Å². The number of anilines is 2. The Balaban J connectivity index is 1.77. The van der Waals surface area contributed by atoms with Crippen LogP contribution in [0.2, 0.25) is 0 Å². The quantitative estimate of drug-likeness (QED) is 0.218. The summed E-state index contributed by atoms with van der Waals surface area (Å²) in [5.41, 5.74) is 4.58. The van der Waals surface area contributed by atoms with E-state index in [-0.39, 0.29) is 35.2 Å². The van der Waals surface area contributed by atoms with E-state index in [1.54, 1.807) is 31.3 Å². The van der Waals surface area contributed by atoms with Crippen molar-refractivity contribution in [2.45, 2.75) is 66.0 Å². The van der Waals surface area contributed by atoms with Crippen LogP contribution in [0.1, 0.15) is 69.1 Å². The summed E-state index contributed by atoms with van der Waals surface area (Å²) in [5, 5.41) is 20.2. The van der Waals surface area contributed by atoms with Crippen LogP contribution in [-0.2, 0) is 30.8 Å². The number of hydrogen-bond acceptors (Lipinski definition) is 7. The minimum atomic E-state index is -0.332. The molecule has 10 heteroatoms. The second-order valence-corrected chi connectivity index (χ2v) is 12.5. The largest absolute Gasteiger partial charge is 0.374 e. The maximum Gasteiger partial charge on any atom is 0.290 e. The molecule has 0 aliphatic carbocycles. The number of hydrogen-bond donors (Lipinski definition) is 2. The van der Waals surface area contributed by atoms with Crippen molar-refractivity contribution in [2.24, 2.45) is 14.1 Å². The maximum absolute atomic E-state index is 15.6. The molecule has 3 heterocycles. The number of rotatable bonds is 11. The van der Waals surface area contributed by atoms with Crippen LogP contribution in [0.3, 0.4) is 0 Å². The highest BCUT2D eigenvalue weighted by Gasteiger charge is 2.21. The zero-order valence-electron chi connectivity index (χ0n) is 26.6. The van der Waals surface area contributed by atoms with Gasteiger partial charge in [0.15, 0.2) is 5.82 Å². The monoisotopic (exact) mass is 589 g/mol. The molecule has 9 nitrogen and oxygen atoms in total. The first-order chi connectivity index (χ1) is 20.3. The second kappa shape index (κ2) is 13.2. The van der Waals surface area contributed by atoms with Crippen LogP contribution in [-0.4, -0.2) is 56.5 Å². The summed E-state index contributed by atoms with van der Waals surface area (Å²) in [5.74, 6) is 0.224. The zero-order chi connectivity index (χ0) is 31.5. The highest BCUT2D eigenvalue weighted by atomic mass is 19.1. The van der Waals surface area contributed by atoms with Crippen LogP contribution in [0.4, 0.5) is 15.9 Å². The molecule has 0 spiro atoms. The summed E-state index contributed by atoms with van der Waals surface area (Å²) < 4.78 is 24.6. The van der Waals surface area contributed by atoms with Crippen molar-refractivity contribution in [2.75, 3.05) is 25.0 Å². The van der Waals surface area contributed by atoms with Crippen molar-refractivity contribution in [3.8, 4) is 0 Å². The number of aryl methyl sites for hydroxylation is 3. The van der Waals surface area contributed by atoms with Gasteiger partial charge in [-0.15, -0.1) is 0 Å². The summed E-state index contributed by atoms with van der Waals surface area (Å²) in [7, 11) is 3.47. The van der Waals surface area contributed by atoms with E-state index in [0.29, 0.717) is 28.2 Å². The number of benzene rings is 1. The first kappa shape index (κ1) is 32.0. The van der Waals surface area contributed by atoms with E-state index in [1.807, 2.05) is 44.6 Å². The molecule has 2 N–H and O–H groups in total. The van der Waals surface area contributed by atoms with Gasteiger partial charge in [-0.05, 0) is 86.7 Å². The van der Waals surface area contributed by atoms with Crippen molar-refractivity contribution in [1.29, 1.82) is 5.41 Å². The van der Waals surface area contributed by atoms with E-state index in [1.165, 1.54) is 11.1 Å². The molecule has 2 aromatic heterocycles. The molecule has 1 aliphatic rings. The number of ether oxygens (including phenoxy) is 1. The normalized spacial score (nSPS) is 14.7. The molecular formula is C33H44FN7O2. The Morgan fingerprint density at radius 1 is 1.14 bits per heavy atom. The van der Waals surface area contributed by atoms with Gasteiger partial charge in [0, 0.05) is 44.1 Å². The molecule has 4 rings (SSSR count). The number of nitrogens with one attached hydrogen (secondary N) is 2.